The van der Waals surface area contributed by atoms with Gasteiger partial charge < -0.3 is 9.47 Å². The first-order chi connectivity index (χ1) is 10.7. The van der Waals surface area contributed by atoms with Gasteiger partial charge >= 0.3 is 0 Å². The predicted molar refractivity (Wildman–Crippen MR) is 113 cm³/mol. The van der Waals surface area contributed by atoms with Gasteiger partial charge in [-0.05, 0) is 0 Å². The Kier molecular flexibility index (Phi) is 116. The summed E-state index contributed by atoms with van der Waals surface area (Å²) in [7, 11) is 6.45. The first kappa shape index (κ1) is 43.8. The lowest BCUT2D eigenvalue weighted by Crippen LogP contribution is -2.05. The standard InChI is InChI=1S/C4H9NO.C4H8O2.2C4H8O.3CH4/c2*1-3-4-6-5-2;2*1-3-4-5-2;;;/h3,5H,1,4H2,2H3;3H,1,4H2,2H3;2*3H,1,4H2,2H3;3*1H4. The average Bonchev–Trinajstić information content (AvgIpc) is 2.54. The molecule has 0 aliphatic rings. The number of methoxy groups -OCH3 is 2. The Morgan fingerprint density at radius 3 is 1.12 bits per heavy atom. The minimum absolute atomic E-state index is 0. The van der Waals surface area contributed by atoms with Crippen LogP contribution < -0.4 is 5.48 Å². The van der Waals surface area contributed by atoms with Crippen molar-refractivity contribution < 1.29 is 24.1 Å². The molecule has 0 spiro atoms. The highest BCUT2D eigenvalue weighted by Gasteiger charge is 1.68. The van der Waals surface area contributed by atoms with Crippen molar-refractivity contribution in [2.24, 2.45) is 0 Å². The van der Waals surface area contributed by atoms with E-state index in [1.165, 1.54) is 7.11 Å². The topological polar surface area (TPSA) is 58.2 Å². The lowest BCUT2D eigenvalue weighted by atomic mass is 10.7. The quantitative estimate of drug-likeness (QED) is 0.263. The molecule has 0 aromatic heterocycles. The minimum atomic E-state index is 0. The summed E-state index contributed by atoms with van der Waals surface area (Å²) in [4.78, 5) is 13.2. The fourth-order valence-electron chi connectivity index (χ4n) is 0.494. The van der Waals surface area contributed by atoms with Crippen LogP contribution in [-0.2, 0) is 24.1 Å². The number of hydrogen-bond donors (Lipinski definition) is 1. The van der Waals surface area contributed by atoms with Crippen LogP contribution in [0.1, 0.15) is 22.3 Å². The summed E-state index contributed by atoms with van der Waals surface area (Å²) in [5.41, 5.74) is 2.50. The van der Waals surface area contributed by atoms with Crippen molar-refractivity contribution in [3.63, 3.8) is 0 Å². The maximum atomic E-state index is 4.61. The van der Waals surface area contributed by atoms with E-state index in [9.17, 15) is 0 Å². The van der Waals surface area contributed by atoms with Gasteiger partial charge in [-0.1, -0.05) is 46.6 Å². The Balaban J connectivity index is -0.0000000333. The Bertz CT molecular complexity index is 190. The number of ether oxygens (including phenoxy) is 2. The molecule has 0 aliphatic carbocycles. The molecule has 0 heterocycles. The molecule has 6 heteroatoms. The normalized spacial score (nSPS) is 6.88. The van der Waals surface area contributed by atoms with Crippen molar-refractivity contribution in [3.05, 3.63) is 50.6 Å². The van der Waals surface area contributed by atoms with E-state index >= 15 is 0 Å². The summed E-state index contributed by atoms with van der Waals surface area (Å²) >= 11 is 0. The summed E-state index contributed by atoms with van der Waals surface area (Å²) in [6, 6.07) is 0. The van der Waals surface area contributed by atoms with Crippen LogP contribution in [0.15, 0.2) is 50.6 Å². The molecule has 0 aromatic carbocycles. The van der Waals surface area contributed by atoms with Gasteiger partial charge in [0, 0.05) is 21.3 Å². The molecule has 0 saturated heterocycles. The first-order valence-electron chi connectivity index (χ1n) is 6.52. The molecule has 0 aliphatic heterocycles. The highest BCUT2D eigenvalue weighted by Crippen LogP contribution is 1.69. The van der Waals surface area contributed by atoms with Crippen molar-refractivity contribution in [1.29, 1.82) is 0 Å². The van der Waals surface area contributed by atoms with Crippen molar-refractivity contribution in [2.45, 2.75) is 22.3 Å². The van der Waals surface area contributed by atoms with E-state index in [1.807, 2.05) is 0 Å². The second-order valence-corrected chi connectivity index (χ2v) is 3.03. The lowest BCUT2D eigenvalue weighted by molar-refractivity contribution is -0.263. The van der Waals surface area contributed by atoms with Crippen molar-refractivity contribution in [2.75, 3.05) is 54.8 Å². The maximum absolute atomic E-state index is 4.61. The summed E-state index contributed by atoms with van der Waals surface area (Å²) in [6.07, 6.45) is 6.71. The molecule has 6 nitrogen and oxygen atoms in total. The summed E-state index contributed by atoms with van der Waals surface area (Å²) in [6.45, 7) is 16.0. The monoisotopic (exact) mass is 367 g/mol. The van der Waals surface area contributed by atoms with Gasteiger partial charge in [-0.25, -0.2) is 15.3 Å². The molecule has 0 rings (SSSR count). The Hall–Kier alpha value is -1.28. The van der Waals surface area contributed by atoms with Gasteiger partial charge in [0.05, 0.1) is 26.9 Å². The molecule has 0 fully saturated rings. The first-order valence-corrected chi connectivity index (χ1v) is 6.52. The SMILES string of the molecule is C.C.C.C=CCOC.C=CCOC.C=CCONC.C=CCOOC. The Morgan fingerprint density at radius 2 is 1.04 bits per heavy atom. The largest absolute Gasteiger partial charge is 0.381 e. The highest BCUT2D eigenvalue weighted by molar-refractivity contribution is 4.63. The zero-order valence-corrected chi connectivity index (χ0v) is 14.5. The lowest BCUT2D eigenvalue weighted by Gasteiger charge is -1.90. The molecule has 1 N–H and O–H groups in total. The molecule has 0 amide bonds. The molecule has 0 atom stereocenters. The van der Waals surface area contributed by atoms with Crippen molar-refractivity contribution in [1.82, 2.24) is 5.48 Å². The third kappa shape index (κ3) is 128. The summed E-state index contributed by atoms with van der Waals surface area (Å²) in [5, 5.41) is 0. The Morgan fingerprint density at radius 1 is 0.680 bits per heavy atom. The second kappa shape index (κ2) is 66.2. The predicted octanol–water partition coefficient (Wildman–Crippen LogP) is 4.62. The van der Waals surface area contributed by atoms with Gasteiger partial charge in [0.15, 0.2) is 0 Å². The van der Waals surface area contributed by atoms with Gasteiger partial charge in [-0.2, -0.15) is 0 Å². The molecule has 25 heavy (non-hydrogen) atoms. The molecular weight excluding hydrogens is 322 g/mol. The number of hydrogen-bond acceptors (Lipinski definition) is 6. The third-order valence-electron chi connectivity index (χ3n) is 1.22. The van der Waals surface area contributed by atoms with E-state index in [0.29, 0.717) is 26.4 Å². The van der Waals surface area contributed by atoms with E-state index in [1.54, 1.807) is 45.6 Å². The molecule has 0 bridgehead atoms. The van der Waals surface area contributed by atoms with Crippen LogP contribution in [0.2, 0.25) is 0 Å². The third-order valence-corrected chi connectivity index (χ3v) is 1.22. The molecule has 0 radical (unpaired) electrons. The van der Waals surface area contributed by atoms with Crippen LogP contribution >= 0.6 is 0 Å². The van der Waals surface area contributed by atoms with Gasteiger partial charge in [0.1, 0.15) is 6.61 Å². The molecule has 156 valence electrons. The second-order valence-electron chi connectivity index (χ2n) is 3.03. The molecular formula is C19H45NO5. The van der Waals surface area contributed by atoms with Gasteiger partial charge in [0.25, 0.3) is 0 Å². The summed E-state index contributed by atoms with van der Waals surface area (Å²) < 4.78 is 9.15. The fourth-order valence-corrected chi connectivity index (χ4v) is 0.494. The van der Waals surface area contributed by atoms with E-state index in [0.717, 1.165) is 0 Å². The van der Waals surface area contributed by atoms with Gasteiger partial charge in [-0.3, -0.25) is 4.84 Å². The van der Waals surface area contributed by atoms with E-state index in [2.05, 4.69) is 55.9 Å². The van der Waals surface area contributed by atoms with Crippen LogP contribution in [0.5, 0.6) is 0 Å². The van der Waals surface area contributed by atoms with E-state index in [4.69, 9.17) is 0 Å². The minimum Gasteiger partial charge on any atom is -0.381 e. The number of rotatable bonds is 10. The van der Waals surface area contributed by atoms with Crippen LogP contribution in [0.4, 0.5) is 0 Å². The maximum Gasteiger partial charge on any atom is 0.100 e. The van der Waals surface area contributed by atoms with Crippen LogP contribution in [-0.4, -0.2) is 54.8 Å². The zero-order chi connectivity index (χ0) is 17.9. The van der Waals surface area contributed by atoms with Gasteiger partial charge in [0.2, 0.25) is 0 Å². The molecule has 0 saturated carbocycles. The van der Waals surface area contributed by atoms with Crippen LogP contribution in [0.3, 0.4) is 0 Å². The van der Waals surface area contributed by atoms with Crippen LogP contribution in [0, 0.1) is 0 Å². The Labute approximate surface area is 158 Å². The van der Waals surface area contributed by atoms with E-state index in [-0.39, 0.29) is 22.3 Å². The molecule has 0 unspecified atom stereocenters. The zero-order valence-electron chi connectivity index (χ0n) is 14.5. The van der Waals surface area contributed by atoms with Crippen molar-refractivity contribution in [3.8, 4) is 0 Å². The van der Waals surface area contributed by atoms with Gasteiger partial charge in [-0.15, -0.1) is 26.3 Å². The van der Waals surface area contributed by atoms with E-state index < -0.39 is 0 Å². The number of hydroxylamine groups is 1. The van der Waals surface area contributed by atoms with Crippen molar-refractivity contribution >= 4 is 0 Å². The average molecular weight is 368 g/mol. The fraction of sp³-hybridized carbons (Fsp3) is 0.579. The highest BCUT2D eigenvalue weighted by atomic mass is 17.2. The smallest absolute Gasteiger partial charge is 0.100 e. The summed E-state index contributed by atoms with van der Waals surface area (Å²) in [5.74, 6) is 0. The number of nitrogens with one attached hydrogen (secondary N) is 1. The van der Waals surface area contributed by atoms with Crippen LogP contribution in [0.25, 0.3) is 0 Å². The molecule has 0 aromatic rings.